The summed E-state index contributed by atoms with van der Waals surface area (Å²) in [5, 5.41) is 9.88. The van der Waals surface area contributed by atoms with Crippen LogP contribution >= 0.6 is 0 Å². The van der Waals surface area contributed by atoms with Crippen LogP contribution in [0.25, 0.3) is 0 Å². The van der Waals surface area contributed by atoms with Crippen molar-refractivity contribution >= 4 is 0 Å². The minimum Gasteiger partial charge on any atom is -0.387 e. The van der Waals surface area contributed by atoms with Gasteiger partial charge in [-0.1, -0.05) is 20.8 Å². The fourth-order valence-corrected chi connectivity index (χ4v) is 1.31. The van der Waals surface area contributed by atoms with Crippen molar-refractivity contribution in [1.29, 1.82) is 0 Å². The number of nitrogens with two attached hydrogens (primary N) is 1. The molecule has 3 heteroatoms. The first-order valence-electron chi connectivity index (χ1n) is 4.22. The summed E-state index contributed by atoms with van der Waals surface area (Å²) in [6, 6.07) is 0. The molecule has 0 aromatic heterocycles. The van der Waals surface area contributed by atoms with Gasteiger partial charge < -0.3 is 5.11 Å². The molecular formula is C8H19NO2. The molecular weight excluding hydrogens is 142 g/mol. The SMILES string of the molecule is CCC(ON)C(O)(CC)CC. The highest BCUT2D eigenvalue weighted by atomic mass is 16.6. The summed E-state index contributed by atoms with van der Waals surface area (Å²) in [4.78, 5) is 4.70. The number of aliphatic hydroxyl groups is 1. The van der Waals surface area contributed by atoms with Crippen molar-refractivity contribution in [3.05, 3.63) is 0 Å². The Morgan fingerprint density at radius 2 is 1.82 bits per heavy atom. The summed E-state index contributed by atoms with van der Waals surface area (Å²) in [5.41, 5.74) is -0.747. The molecule has 0 aliphatic carbocycles. The minimum absolute atomic E-state index is 0.238. The lowest BCUT2D eigenvalue weighted by molar-refractivity contribution is -0.116. The van der Waals surface area contributed by atoms with Crippen LogP contribution in [0.3, 0.4) is 0 Å². The fourth-order valence-electron chi connectivity index (χ4n) is 1.31. The maximum atomic E-state index is 9.88. The Hall–Kier alpha value is -0.120. The fraction of sp³-hybridized carbons (Fsp3) is 1.00. The summed E-state index contributed by atoms with van der Waals surface area (Å²) >= 11 is 0. The highest BCUT2D eigenvalue weighted by Gasteiger charge is 2.32. The van der Waals surface area contributed by atoms with Crippen molar-refractivity contribution in [2.24, 2.45) is 5.90 Å². The third kappa shape index (κ3) is 2.43. The van der Waals surface area contributed by atoms with Crippen LogP contribution in [0.1, 0.15) is 40.0 Å². The Bertz CT molecular complexity index is 98.3. The van der Waals surface area contributed by atoms with E-state index in [2.05, 4.69) is 0 Å². The molecule has 0 spiro atoms. The Morgan fingerprint density at radius 3 is 1.91 bits per heavy atom. The molecule has 0 heterocycles. The van der Waals surface area contributed by atoms with Crippen molar-refractivity contribution in [3.63, 3.8) is 0 Å². The van der Waals surface area contributed by atoms with Crippen molar-refractivity contribution < 1.29 is 9.94 Å². The first-order chi connectivity index (χ1) is 5.14. The molecule has 0 rings (SSSR count). The second-order valence-electron chi connectivity index (χ2n) is 2.84. The molecule has 0 bridgehead atoms. The van der Waals surface area contributed by atoms with Crippen LogP contribution in [-0.2, 0) is 4.84 Å². The Labute approximate surface area is 68.5 Å². The molecule has 0 aliphatic rings. The van der Waals surface area contributed by atoms with Gasteiger partial charge in [-0.05, 0) is 19.3 Å². The second kappa shape index (κ2) is 4.70. The van der Waals surface area contributed by atoms with Crippen molar-refractivity contribution in [2.75, 3.05) is 0 Å². The molecule has 68 valence electrons. The molecule has 1 unspecified atom stereocenters. The van der Waals surface area contributed by atoms with Gasteiger partial charge in [0.25, 0.3) is 0 Å². The highest BCUT2D eigenvalue weighted by Crippen LogP contribution is 2.23. The second-order valence-corrected chi connectivity index (χ2v) is 2.84. The van der Waals surface area contributed by atoms with Crippen LogP contribution in [0, 0.1) is 0 Å². The summed E-state index contributed by atoms with van der Waals surface area (Å²) < 4.78 is 0. The molecule has 11 heavy (non-hydrogen) atoms. The smallest absolute Gasteiger partial charge is 0.107 e. The zero-order chi connectivity index (χ0) is 8.91. The van der Waals surface area contributed by atoms with E-state index in [1.54, 1.807) is 0 Å². The van der Waals surface area contributed by atoms with Gasteiger partial charge in [0.05, 0.1) is 5.60 Å². The van der Waals surface area contributed by atoms with E-state index < -0.39 is 5.60 Å². The van der Waals surface area contributed by atoms with E-state index in [4.69, 9.17) is 10.7 Å². The van der Waals surface area contributed by atoms with Gasteiger partial charge in [0.15, 0.2) is 0 Å². The molecule has 0 aromatic carbocycles. The van der Waals surface area contributed by atoms with Gasteiger partial charge in [-0.15, -0.1) is 0 Å². The maximum Gasteiger partial charge on any atom is 0.107 e. The monoisotopic (exact) mass is 161 g/mol. The van der Waals surface area contributed by atoms with Gasteiger partial charge in [-0.3, -0.25) is 4.84 Å². The topological polar surface area (TPSA) is 55.5 Å². The van der Waals surface area contributed by atoms with Crippen LogP contribution in [-0.4, -0.2) is 16.8 Å². The van der Waals surface area contributed by atoms with E-state index in [1.165, 1.54) is 0 Å². The number of hydrogen-bond acceptors (Lipinski definition) is 3. The summed E-state index contributed by atoms with van der Waals surface area (Å²) in [5.74, 6) is 5.06. The zero-order valence-corrected chi connectivity index (χ0v) is 7.63. The lowest BCUT2D eigenvalue weighted by Gasteiger charge is -2.32. The number of hydrogen-bond donors (Lipinski definition) is 2. The predicted molar refractivity (Wildman–Crippen MR) is 44.9 cm³/mol. The van der Waals surface area contributed by atoms with Gasteiger partial charge >= 0.3 is 0 Å². The van der Waals surface area contributed by atoms with Crippen LogP contribution in [0.15, 0.2) is 0 Å². The highest BCUT2D eigenvalue weighted by molar-refractivity contribution is 4.83. The minimum atomic E-state index is -0.747. The quantitative estimate of drug-likeness (QED) is 0.596. The first kappa shape index (κ1) is 10.9. The van der Waals surface area contributed by atoms with Crippen molar-refractivity contribution in [1.82, 2.24) is 0 Å². The summed E-state index contributed by atoms with van der Waals surface area (Å²) in [6.45, 7) is 5.82. The Morgan fingerprint density at radius 1 is 1.36 bits per heavy atom. The molecule has 0 amide bonds. The predicted octanol–water partition coefficient (Wildman–Crippen LogP) is 1.21. The van der Waals surface area contributed by atoms with E-state index in [0.29, 0.717) is 12.8 Å². The van der Waals surface area contributed by atoms with Gasteiger partial charge in [0, 0.05) is 0 Å². The maximum absolute atomic E-state index is 9.88. The normalized spacial score (nSPS) is 15.0. The van der Waals surface area contributed by atoms with E-state index in [-0.39, 0.29) is 6.10 Å². The average molecular weight is 161 g/mol. The van der Waals surface area contributed by atoms with Crippen LogP contribution < -0.4 is 5.90 Å². The number of rotatable bonds is 5. The molecule has 3 N–H and O–H groups in total. The van der Waals surface area contributed by atoms with E-state index in [1.807, 2.05) is 20.8 Å². The van der Waals surface area contributed by atoms with E-state index in [0.717, 1.165) is 6.42 Å². The Balaban J connectivity index is 4.19. The van der Waals surface area contributed by atoms with E-state index >= 15 is 0 Å². The van der Waals surface area contributed by atoms with Gasteiger partial charge in [-0.25, -0.2) is 5.90 Å². The summed E-state index contributed by atoms with van der Waals surface area (Å²) in [7, 11) is 0. The molecule has 0 saturated heterocycles. The van der Waals surface area contributed by atoms with Crippen molar-refractivity contribution in [3.8, 4) is 0 Å². The Kier molecular flexibility index (Phi) is 4.65. The zero-order valence-electron chi connectivity index (χ0n) is 7.63. The molecule has 0 radical (unpaired) electrons. The largest absolute Gasteiger partial charge is 0.387 e. The average Bonchev–Trinajstić information content (AvgIpc) is 2.06. The summed E-state index contributed by atoms with van der Waals surface area (Å²) in [6.07, 6.45) is 1.87. The van der Waals surface area contributed by atoms with Gasteiger partial charge in [0.1, 0.15) is 6.10 Å². The standard InChI is InChI=1S/C8H19NO2/c1-4-7(11-9)8(10,5-2)6-3/h7,10H,4-6,9H2,1-3H3. The lowest BCUT2D eigenvalue weighted by atomic mass is 9.89. The molecule has 1 atom stereocenters. The van der Waals surface area contributed by atoms with Crippen LogP contribution in [0.5, 0.6) is 0 Å². The van der Waals surface area contributed by atoms with E-state index in [9.17, 15) is 5.11 Å². The molecule has 3 nitrogen and oxygen atoms in total. The van der Waals surface area contributed by atoms with Gasteiger partial charge in [0.2, 0.25) is 0 Å². The van der Waals surface area contributed by atoms with Crippen LogP contribution in [0.2, 0.25) is 0 Å². The molecule has 0 fully saturated rings. The molecule has 0 aromatic rings. The third-order valence-corrected chi connectivity index (χ3v) is 2.36. The van der Waals surface area contributed by atoms with Crippen molar-refractivity contribution in [2.45, 2.75) is 51.7 Å². The molecule has 0 aliphatic heterocycles. The van der Waals surface area contributed by atoms with Crippen LogP contribution in [0.4, 0.5) is 0 Å². The third-order valence-electron chi connectivity index (χ3n) is 2.36. The lowest BCUT2D eigenvalue weighted by Crippen LogP contribution is -2.43. The molecule has 0 saturated carbocycles. The first-order valence-corrected chi connectivity index (χ1v) is 4.22. The van der Waals surface area contributed by atoms with Gasteiger partial charge in [-0.2, -0.15) is 0 Å².